The minimum absolute atomic E-state index is 0.0794. The van der Waals surface area contributed by atoms with E-state index >= 15 is 0 Å². The lowest BCUT2D eigenvalue weighted by Crippen LogP contribution is -2.17. The molecule has 2 rings (SSSR count). The Labute approximate surface area is 114 Å². The Morgan fingerprint density at radius 1 is 1.21 bits per heavy atom. The second-order valence-corrected chi connectivity index (χ2v) is 5.40. The summed E-state index contributed by atoms with van der Waals surface area (Å²) < 4.78 is 4.26. The van der Waals surface area contributed by atoms with Crippen LogP contribution >= 0.6 is 0 Å². The number of aromatic nitrogens is 4. The van der Waals surface area contributed by atoms with E-state index in [1.807, 2.05) is 25.0 Å². The summed E-state index contributed by atoms with van der Waals surface area (Å²) in [7, 11) is 0. The molecular weight excluding hydrogens is 238 g/mol. The van der Waals surface area contributed by atoms with Gasteiger partial charge in [0.2, 0.25) is 0 Å². The SMILES string of the molecule is CC(C)CC(N)c1cncn1CCCn1ccnc1. The summed E-state index contributed by atoms with van der Waals surface area (Å²) in [5.74, 6) is 0.601. The highest BCUT2D eigenvalue weighted by Gasteiger charge is 2.12. The Morgan fingerprint density at radius 3 is 2.74 bits per heavy atom. The van der Waals surface area contributed by atoms with Crippen LogP contribution in [0.5, 0.6) is 0 Å². The van der Waals surface area contributed by atoms with Crippen LogP contribution in [0.25, 0.3) is 0 Å². The molecule has 0 aliphatic carbocycles. The van der Waals surface area contributed by atoms with Crippen molar-refractivity contribution in [2.75, 3.05) is 0 Å². The fourth-order valence-corrected chi connectivity index (χ4v) is 2.30. The summed E-state index contributed by atoms with van der Waals surface area (Å²) >= 11 is 0. The molecule has 0 aliphatic heterocycles. The Balaban J connectivity index is 1.88. The summed E-state index contributed by atoms with van der Waals surface area (Å²) in [5, 5.41) is 0. The first-order valence-electron chi connectivity index (χ1n) is 6.88. The molecule has 2 N–H and O–H groups in total. The zero-order valence-corrected chi connectivity index (χ0v) is 11.7. The predicted molar refractivity (Wildman–Crippen MR) is 75.5 cm³/mol. The molecule has 0 spiro atoms. The quantitative estimate of drug-likeness (QED) is 0.831. The van der Waals surface area contributed by atoms with Crippen molar-refractivity contribution in [3.63, 3.8) is 0 Å². The minimum Gasteiger partial charge on any atom is -0.337 e. The molecule has 0 bridgehead atoms. The highest BCUT2D eigenvalue weighted by atomic mass is 15.1. The number of hydrogen-bond acceptors (Lipinski definition) is 3. The molecule has 2 aromatic rings. The predicted octanol–water partition coefficient (Wildman–Crippen LogP) is 2.22. The molecule has 0 saturated carbocycles. The zero-order chi connectivity index (χ0) is 13.7. The maximum absolute atomic E-state index is 6.23. The molecule has 0 amide bonds. The second-order valence-electron chi connectivity index (χ2n) is 5.40. The van der Waals surface area contributed by atoms with Gasteiger partial charge in [-0.2, -0.15) is 0 Å². The summed E-state index contributed by atoms with van der Waals surface area (Å²) in [6.45, 7) is 6.30. The molecule has 0 aromatic carbocycles. The van der Waals surface area contributed by atoms with Gasteiger partial charge >= 0.3 is 0 Å². The topological polar surface area (TPSA) is 61.7 Å². The first kappa shape index (κ1) is 13.8. The van der Waals surface area contributed by atoms with Crippen LogP contribution in [0.2, 0.25) is 0 Å². The van der Waals surface area contributed by atoms with Crippen molar-refractivity contribution < 1.29 is 0 Å². The van der Waals surface area contributed by atoms with Crippen molar-refractivity contribution in [3.05, 3.63) is 36.9 Å². The van der Waals surface area contributed by atoms with Crippen molar-refractivity contribution >= 4 is 0 Å². The summed E-state index contributed by atoms with van der Waals surface area (Å²) in [5.41, 5.74) is 7.37. The van der Waals surface area contributed by atoms with E-state index in [9.17, 15) is 0 Å². The normalized spacial score (nSPS) is 13.1. The van der Waals surface area contributed by atoms with Gasteiger partial charge < -0.3 is 14.9 Å². The number of hydrogen-bond donors (Lipinski definition) is 1. The molecule has 0 aliphatic rings. The molecule has 0 saturated heterocycles. The number of rotatable bonds is 7. The van der Waals surface area contributed by atoms with Crippen LogP contribution in [-0.2, 0) is 13.1 Å². The third-order valence-electron chi connectivity index (χ3n) is 3.22. The van der Waals surface area contributed by atoms with Crippen LogP contribution in [0.4, 0.5) is 0 Å². The number of aryl methyl sites for hydroxylation is 2. The van der Waals surface area contributed by atoms with Gasteiger partial charge in [-0.05, 0) is 18.8 Å². The first-order valence-corrected chi connectivity index (χ1v) is 6.88. The summed E-state index contributed by atoms with van der Waals surface area (Å²) in [6, 6.07) is 0.0794. The van der Waals surface area contributed by atoms with E-state index in [0.29, 0.717) is 5.92 Å². The molecule has 1 unspecified atom stereocenters. The molecule has 5 nitrogen and oxygen atoms in total. The first-order chi connectivity index (χ1) is 9.16. The van der Waals surface area contributed by atoms with Crippen LogP contribution < -0.4 is 5.73 Å². The number of imidazole rings is 2. The Morgan fingerprint density at radius 2 is 2.05 bits per heavy atom. The highest BCUT2D eigenvalue weighted by molar-refractivity contribution is 5.04. The standard InChI is InChI=1S/C14H23N5/c1-12(2)8-13(15)14-9-17-11-19(14)6-3-5-18-7-4-16-10-18/h4,7,9-13H,3,5-6,8,15H2,1-2H3. The Kier molecular flexibility index (Phi) is 4.74. The fourth-order valence-electron chi connectivity index (χ4n) is 2.30. The van der Waals surface area contributed by atoms with E-state index in [4.69, 9.17) is 5.73 Å². The van der Waals surface area contributed by atoms with Crippen molar-refractivity contribution in [3.8, 4) is 0 Å². The van der Waals surface area contributed by atoms with Crippen LogP contribution in [-0.4, -0.2) is 19.1 Å². The van der Waals surface area contributed by atoms with Gasteiger partial charge in [0.15, 0.2) is 0 Å². The van der Waals surface area contributed by atoms with Crippen molar-refractivity contribution in [2.24, 2.45) is 11.7 Å². The van der Waals surface area contributed by atoms with Gasteiger partial charge in [0.1, 0.15) is 0 Å². The fraction of sp³-hybridized carbons (Fsp3) is 0.571. The summed E-state index contributed by atoms with van der Waals surface area (Å²) in [6.07, 6.45) is 11.5. The van der Waals surface area contributed by atoms with E-state index < -0.39 is 0 Å². The van der Waals surface area contributed by atoms with Crippen LogP contribution in [0.3, 0.4) is 0 Å². The summed E-state index contributed by atoms with van der Waals surface area (Å²) in [4.78, 5) is 8.27. The van der Waals surface area contributed by atoms with Crippen molar-refractivity contribution in [2.45, 2.75) is 45.8 Å². The van der Waals surface area contributed by atoms with Crippen molar-refractivity contribution in [1.82, 2.24) is 19.1 Å². The van der Waals surface area contributed by atoms with Gasteiger partial charge in [0, 0.05) is 37.7 Å². The molecule has 2 aromatic heterocycles. The van der Waals surface area contributed by atoms with Gasteiger partial charge in [-0.15, -0.1) is 0 Å². The molecule has 19 heavy (non-hydrogen) atoms. The van der Waals surface area contributed by atoms with E-state index in [1.54, 1.807) is 6.20 Å². The van der Waals surface area contributed by atoms with E-state index in [2.05, 4.69) is 32.9 Å². The van der Waals surface area contributed by atoms with Gasteiger partial charge in [0.05, 0.1) is 18.3 Å². The van der Waals surface area contributed by atoms with Gasteiger partial charge in [-0.25, -0.2) is 9.97 Å². The largest absolute Gasteiger partial charge is 0.337 e. The van der Waals surface area contributed by atoms with E-state index in [-0.39, 0.29) is 6.04 Å². The van der Waals surface area contributed by atoms with Crippen LogP contribution in [0, 0.1) is 5.92 Å². The van der Waals surface area contributed by atoms with Crippen molar-refractivity contribution in [1.29, 1.82) is 0 Å². The molecule has 0 fully saturated rings. The van der Waals surface area contributed by atoms with Crippen LogP contribution in [0.15, 0.2) is 31.2 Å². The second kappa shape index (κ2) is 6.52. The maximum atomic E-state index is 6.23. The van der Waals surface area contributed by atoms with E-state index in [1.165, 1.54) is 0 Å². The maximum Gasteiger partial charge on any atom is 0.0948 e. The number of nitrogens with zero attached hydrogens (tertiary/aromatic N) is 4. The minimum atomic E-state index is 0.0794. The van der Waals surface area contributed by atoms with Gasteiger partial charge in [-0.1, -0.05) is 13.8 Å². The zero-order valence-electron chi connectivity index (χ0n) is 11.7. The van der Waals surface area contributed by atoms with Gasteiger partial charge in [0.25, 0.3) is 0 Å². The number of nitrogens with two attached hydrogens (primary N) is 1. The van der Waals surface area contributed by atoms with E-state index in [0.717, 1.165) is 31.6 Å². The van der Waals surface area contributed by atoms with Crippen LogP contribution in [0.1, 0.15) is 38.4 Å². The van der Waals surface area contributed by atoms with Gasteiger partial charge in [-0.3, -0.25) is 0 Å². The lowest BCUT2D eigenvalue weighted by atomic mass is 10.0. The Bertz CT molecular complexity index is 472. The molecule has 104 valence electrons. The average molecular weight is 261 g/mol. The molecule has 1 atom stereocenters. The highest BCUT2D eigenvalue weighted by Crippen LogP contribution is 2.18. The molecule has 5 heteroatoms. The Hall–Kier alpha value is -1.62. The lowest BCUT2D eigenvalue weighted by Gasteiger charge is -2.16. The average Bonchev–Trinajstić information content (AvgIpc) is 2.98. The monoisotopic (exact) mass is 261 g/mol. The molecular formula is C14H23N5. The lowest BCUT2D eigenvalue weighted by molar-refractivity contribution is 0.472. The molecule has 0 radical (unpaired) electrons. The third kappa shape index (κ3) is 3.92. The third-order valence-corrected chi connectivity index (χ3v) is 3.22. The smallest absolute Gasteiger partial charge is 0.0948 e. The molecule has 2 heterocycles.